The Labute approximate surface area is 165 Å². The topological polar surface area (TPSA) is 70.4 Å². The minimum Gasteiger partial charge on any atom is -0.369 e. The highest BCUT2D eigenvalue weighted by Crippen LogP contribution is 2.19. The third-order valence-corrected chi connectivity index (χ3v) is 4.47. The summed E-state index contributed by atoms with van der Waals surface area (Å²) in [5, 5.41) is 15.1. The molecule has 1 atom stereocenters. The molecule has 136 valence electrons. The predicted octanol–water partition coefficient (Wildman–Crippen LogP) is 1.69. The summed E-state index contributed by atoms with van der Waals surface area (Å²) in [6, 6.07) is 10.9. The van der Waals surface area contributed by atoms with Crippen molar-refractivity contribution in [3.05, 3.63) is 42.0 Å². The molecule has 3 rings (SSSR count). The van der Waals surface area contributed by atoms with Gasteiger partial charge in [-0.15, -0.1) is 34.2 Å². The molecule has 1 unspecified atom stereocenters. The second-order valence-corrected chi connectivity index (χ2v) is 6.06. The van der Waals surface area contributed by atoms with Crippen LogP contribution in [0.2, 0.25) is 0 Å². The molecule has 2 heterocycles. The Morgan fingerprint density at radius 2 is 2.04 bits per heavy atom. The number of hydrogen-bond donors (Lipinski definition) is 2. The number of aliphatic imine (C=N–C) groups is 1. The van der Waals surface area contributed by atoms with Crippen LogP contribution in [0.1, 0.15) is 18.1 Å². The summed E-state index contributed by atoms with van der Waals surface area (Å²) in [6.07, 6.45) is 1.10. The van der Waals surface area contributed by atoms with Crippen molar-refractivity contribution in [3.8, 4) is 0 Å². The first-order chi connectivity index (χ1) is 11.7. The van der Waals surface area contributed by atoms with Crippen molar-refractivity contribution >= 4 is 35.6 Å². The lowest BCUT2D eigenvalue weighted by Gasteiger charge is -2.20. The van der Waals surface area contributed by atoms with Crippen LogP contribution in [0.3, 0.4) is 0 Å². The van der Waals surface area contributed by atoms with E-state index in [0.717, 1.165) is 37.1 Å². The van der Waals surface area contributed by atoms with E-state index >= 15 is 0 Å². The lowest BCUT2D eigenvalue weighted by atomic mass is 10.3. The zero-order valence-electron chi connectivity index (χ0n) is 14.9. The molecule has 1 aliphatic heterocycles. The Morgan fingerprint density at radius 3 is 2.68 bits per heavy atom. The predicted molar refractivity (Wildman–Crippen MR) is 112 cm³/mol. The van der Waals surface area contributed by atoms with Gasteiger partial charge in [0.15, 0.2) is 11.8 Å². The number of nitrogens with zero attached hydrogens (tertiary/aromatic N) is 5. The van der Waals surface area contributed by atoms with E-state index in [-0.39, 0.29) is 24.0 Å². The van der Waals surface area contributed by atoms with Gasteiger partial charge in [-0.2, -0.15) is 0 Å². The molecule has 0 radical (unpaired) electrons. The van der Waals surface area contributed by atoms with Crippen molar-refractivity contribution < 1.29 is 0 Å². The number of halogens is 1. The van der Waals surface area contributed by atoms with Crippen LogP contribution in [-0.2, 0) is 13.6 Å². The van der Waals surface area contributed by atoms with E-state index in [1.165, 1.54) is 5.69 Å². The molecule has 1 aromatic heterocycles. The summed E-state index contributed by atoms with van der Waals surface area (Å²) in [7, 11) is 3.76. The molecule has 2 N–H and O–H groups in total. The number of aromatic nitrogens is 3. The molecule has 0 aliphatic carbocycles. The number of anilines is 1. The molecule has 1 aromatic carbocycles. The van der Waals surface area contributed by atoms with Gasteiger partial charge in [0.25, 0.3) is 0 Å². The van der Waals surface area contributed by atoms with E-state index in [0.29, 0.717) is 12.6 Å². The molecule has 1 saturated heterocycles. The van der Waals surface area contributed by atoms with E-state index in [9.17, 15) is 0 Å². The van der Waals surface area contributed by atoms with Crippen LogP contribution in [-0.4, -0.2) is 46.9 Å². The Morgan fingerprint density at radius 1 is 1.28 bits per heavy atom. The summed E-state index contributed by atoms with van der Waals surface area (Å²) < 4.78 is 1.98. The monoisotopic (exact) mass is 455 g/mol. The normalized spacial score (nSPS) is 17.3. The highest BCUT2D eigenvalue weighted by molar-refractivity contribution is 14.0. The highest BCUT2D eigenvalue weighted by atomic mass is 127. The van der Waals surface area contributed by atoms with Crippen molar-refractivity contribution in [1.29, 1.82) is 0 Å². The van der Waals surface area contributed by atoms with Gasteiger partial charge in [0.1, 0.15) is 5.82 Å². The van der Waals surface area contributed by atoms with Gasteiger partial charge in [-0.25, -0.2) is 0 Å². The Bertz CT molecular complexity index is 698. The lowest BCUT2D eigenvalue weighted by molar-refractivity contribution is 0.639. The van der Waals surface area contributed by atoms with Gasteiger partial charge >= 0.3 is 0 Å². The average molecular weight is 455 g/mol. The molecule has 1 aliphatic rings. The number of guanidine groups is 1. The van der Waals surface area contributed by atoms with Gasteiger partial charge in [0, 0.05) is 38.9 Å². The zero-order chi connectivity index (χ0) is 16.9. The summed E-state index contributed by atoms with van der Waals surface area (Å²) in [4.78, 5) is 6.72. The van der Waals surface area contributed by atoms with Crippen LogP contribution in [0.5, 0.6) is 0 Å². The minimum absolute atomic E-state index is 0. The van der Waals surface area contributed by atoms with E-state index in [1.807, 2.05) is 18.5 Å². The molecule has 1 fully saturated rings. The van der Waals surface area contributed by atoms with E-state index in [1.54, 1.807) is 7.05 Å². The van der Waals surface area contributed by atoms with Crippen molar-refractivity contribution in [2.45, 2.75) is 25.9 Å². The van der Waals surface area contributed by atoms with Crippen LogP contribution in [0, 0.1) is 6.92 Å². The van der Waals surface area contributed by atoms with E-state index in [4.69, 9.17) is 0 Å². The summed E-state index contributed by atoms with van der Waals surface area (Å²) in [5.74, 6) is 2.60. The van der Waals surface area contributed by atoms with Crippen molar-refractivity contribution in [2.24, 2.45) is 12.0 Å². The quantitative estimate of drug-likeness (QED) is 0.417. The Kier molecular flexibility index (Phi) is 7.03. The van der Waals surface area contributed by atoms with Crippen molar-refractivity contribution in [1.82, 2.24) is 25.4 Å². The fourth-order valence-electron chi connectivity index (χ4n) is 2.91. The summed E-state index contributed by atoms with van der Waals surface area (Å²) in [5.41, 5.74) is 1.28. The first-order valence-corrected chi connectivity index (χ1v) is 8.29. The second kappa shape index (κ2) is 9.02. The highest BCUT2D eigenvalue weighted by Gasteiger charge is 2.23. The minimum atomic E-state index is 0. The number of hydrogen-bond acceptors (Lipinski definition) is 4. The van der Waals surface area contributed by atoms with Crippen molar-refractivity contribution in [2.75, 3.05) is 25.0 Å². The van der Waals surface area contributed by atoms with E-state index < -0.39 is 0 Å². The Hall–Kier alpha value is -1.84. The van der Waals surface area contributed by atoms with Crippen LogP contribution in [0.15, 0.2) is 35.3 Å². The maximum Gasteiger partial charge on any atom is 0.191 e. The third kappa shape index (κ3) is 4.83. The van der Waals surface area contributed by atoms with Crippen LogP contribution in [0.4, 0.5) is 5.69 Å². The first kappa shape index (κ1) is 19.5. The Balaban J connectivity index is 0.00000225. The fraction of sp³-hybridized carbons (Fsp3) is 0.471. The van der Waals surface area contributed by atoms with Gasteiger partial charge < -0.3 is 20.1 Å². The van der Waals surface area contributed by atoms with Gasteiger partial charge in [-0.1, -0.05) is 18.2 Å². The summed E-state index contributed by atoms with van der Waals surface area (Å²) >= 11 is 0. The SMILES string of the molecule is CN=C(NCc1nnc(C)n1C)NC1CCN(c2ccccc2)C1.I. The third-order valence-electron chi connectivity index (χ3n) is 4.47. The van der Waals surface area contributed by atoms with Crippen LogP contribution >= 0.6 is 24.0 Å². The molecule has 25 heavy (non-hydrogen) atoms. The van der Waals surface area contributed by atoms with Crippen LogP contribution in [0.25, 0.3) is 0 Å². The number of nitrogens with one attached hydrogen (secondary N) is 2. The number of aryl methyl sites for hydroxylation is 1. The summed E-state index contributed by atoms with van der Waals surface area (Å²) in [6.45, 7) is 4.58. The van der Waals surface area contributed by atoms with Crippen LogP contribution < -0.4 is 15.5 Å². The van der Waals surface area contributed by atoms with Gasteiger partial charge in [-0.3, -0.25) is 4.99 Å². The molecule has 8 heteroatoms. The van der Waals surface area contributed by atoms with Gasteiger partial charge in [0.2, 0.25) is 0 Å². The number of rotatable bonds is 4. The van der Waals surface area contributed by atoms with E-state index in [2.05, 4.69) is 61.1 Å². The first-order valence-electron chi connectivity index (χ1n) is 8.29. The molecule has 7 nitrogen and oxygen atoms in total. The van der Waals surface area contributed by atoms with Gasteiger partial charge in [-0.05, 0) is 25.5 Å². The molecule has 0 bridgehead atoms. The number of para-hydroxylation sites is 1. The molecule has 0 spiro atoms. The maximum atomic E-state index is 4.32. The lowest BCUT2D eigenvalue weighted by Crippen LogP contribution is -2.44. The largest absolute Gasteiger partial charge is 0.369 e. The zero-order valence-corrected chi connectivity index (χ0v) is 17.3. The molecule has 0 amide bonds. The standard InChI is InChI=1S/C17H25N7.HI/c1-13-21-22-16(23(13)3)11-19-17(18-2)20-14-9-10-24(12-14)15-7-5-4-6-8-15;/h4-8,14H,9-12H2,1-3H3,(H2,18,19,20);1H. The number of benzene rings is 1. The maximum absolute atomic E-state index is 4.32. The van der Waals surface area contributed by atoms with Gasteiger partial charge in [0.05, 0.1) is 6.54 Å². The molecule has 0 saturated carbocycles. The second-order valence-electron chi connectivity index (χ2n) is 6.06. The molecular formula is C17H26IN7. The van der Waals surface area contributed by atoms with Crippen molar-refractivity contribution in [3.63, 3.8) is 0 Å². The molecule has 2 aromatic rings. The smallest absolute Gasteiger partial charge is 0.191 e. The fourth-order valence-corrected chi connectivity index (χ4v) is 2.91. The average Bonchev–Trinajstić information content (AvgIpc) is 3.20. The molecular weight excluding hydrogens is 429 g/mol.